The second-order valence-corrected chi connectivity index (χ2v) is 6.38. The summed E-state index contributed by atoms with van der Waals surface area (Å²) in [4.78, 5) is 23.6. The zero-order valence-electron chi connectivity index (χ0n) is 13.5. The van der Waals surface area contributed by atoms with Gasteiger partial charge in [-0.05, 0) is 50.3 Å². The molecule has 2 amide bonds. The molecular weight excluding hydrogens is 299 g/mol. The molecule has 0 bridgehead atoms. The molecule has 5 nitrogen and oxygen atoms in total. The van der Waals surface area contributed by atoms with E-state index in [1.807, 2.05) is 0 Å². The molecule has 1 atom stereocenters. The number of hydrogen-bond acceptors (Lipinski definition) is 3. The number of aliphatic hydroxyl groups is 1. The molecule has 1 saturated carbocycles. The van der Waals surface area contributed by atoms with Crippen LogP contribution in [-0.2, 0) is 4.79 Å². The lowest BCUT2D eigenvalue weighted by molar-refractivity contribution is -0.126. The van der Waals surface area contributed by atoms with Gasteiger partial charge in [0.15, 0.2) is 0 Å². The maximum Gasteiger partial charge on any atom is 0.251 e. The first-order valence-corrected chi connectivity index (χ1v) is 7.83. The van der Waals surface area contributed by atoms with Crippen molar-refractivity contribution in [2.45, 2.75) is 38.7 Å². The van der Waals surface area contributed by atoms with Crippen LogP contribution >= 0.6 is 0 Å². The largest absolute Gasteiger partial charge is 0.389 e. The van der Waals surface area contributed by atoms with Crippen LogP contribution in [0, 0.1) is 18.7 Å². The van der Waals surface area contributed by atoms with E-state index in [2.05, 4.69) is 10.6 Å². The minimum atomic E-state index is -0.952. The van der Waals surface area contributed by atoms with E-state index < -0.39 is 11.4 Å². The van der Waals surface area contributed by atoms with Crippen molar-refractivity contribution in [1.29, 1.82) is 0 Å². The van der Waals surface area contributed by atoms with E-state index in [1.165, 1.54) is 6.07 Å². The van der Waals surface area contributed by atoms with E-state index in [0.29, 0.717) is 5.56 Å². The Morgan fingerprint density at radius 3 is 2.57 bits per heavy atom. The number of hydrogen-bond donors (Lipinski definition) is 3. The van der Waals surface area contributed by atoms with Crippen molar-refractivity contribution in [3.63, 3.8) is 0 Å². The molecule has 1 fully saturated rings. The van der Waals surface area contributed by atoms with Gasteiger partial charge < -0.3 is 15.7 Å². The Hall–Kier alpha value is -1.95. The molecule has 2 rings (SSSR count). The fourth-order valence-electron chi connectivity index (χ4n) is 2.45. The molecule has 0 radical (unpaired) electrons. The highest BCUT2D eigenvalue weighted by atomic mass is 19.1. The van der Waals surface area contributed by atoms with Crippen LogP contribution < -0.4 is 10.6 Å². The molecule has 23 heavy (non-hydrogen) atoms. The molecule has 0 saturated heterocycles. The maximum absolute atomic E-state index is 13.4. The van der Waals surface area contributed by atoms with Crippen LogP contribution in [0.2, 0.25) is 0 Å². The van der Waals surface area contributed by atoms with Crippen LogP contribution in [-0.4, -0.2) is 35.6 Å². The van der Waals surface area contributed by atoms with Gasteiger partial charge in [-0.1, -0.05) is 6.07 Å². The van der Waals surface area contributed by atoms with Crippen molar-refractivity contribution in [2.24, 2.45) is 5.92 Å². The highest BCUT2D eigenvalue weighted by molar-refractivity contribution is 5.94. The Bertz CT molecular complexity index is 598. The van der Waals surface area contributed by atoms with Crippen molar-refractivity contribution < 1.29 is 19.1 Å². The average molecular weight is 322 g/mol. The maximum atomic E-state index is 13.4. The number of amides is 2. The highest BCUT2D eigenvalue weighted by Crippen LogP contribution is 2.41. The molecule has 0 aliphatic heterocycles. The second-order valence-electron chi connectivity index (χ2n) is 6.38. The van der Waals surface area contributed by atoms with Crippen LogP contribution in [0.3, 0.4) is 0 Å². The highest BCUT2D eigenvalue weighted by Gasteiger charge is 2.41. The molecule has 1 aliphatic carbocycles. The van der Waals surface area contributed by atoms with Crippen molar-refractivity contribution in [3.8, 4) is 0 Å². The Morgan fingerprint density at radius 2 is 1.96 bits per heavy atom. The fraction of sp³-hybridized carbons (Fsp3) is 0.529. The topological polar surface area (TPSA) is 78.4 Å². The Kier molecular flexibility index (Phi) is 5.36. The number of halogens is 1. The minimum absolute atomic E-state index is 0.0643. The first-order chi connectivity index (χ1) is 10.8. The van der Waals surface area contributed by atoms with Crippen molar-refractivity contribution in [2.75, 3.05) is 13.1 Å². The Morgan fingerprint density at radius 1 is 1.30 bits per heavy atom. The van der Waals surface area contributed by atoms with Crippen LogP contribution in [0.25, 0.3) is 0 Å². The summed E-state index contributed by atoms with van der Waals surface area (Å²) in [5.74, 6) is -0.835. The van der Waals surface area contributed by atoms with Crippen molar-refractivity contribution in [3.05, 3.63) is 35.1 Å². The third kappa shape index (κ3) is 5.03. The second kappa shape index (κ2) is 7.08. The standard InChI is InChI=1S/C17H23FN2O3/c1-11-3-4-12(9-14(11)18)16(22)20-8-7-19-15(21)10-17(2,23)13-5-6-13/h3-4,9,13,23H,5-8,10H2,1-2H3,(H,19,21)(H,20,22). The lowest BCUT2D eigenvalue weighted by Crippen LogP contribution is -2.39. The SMILES string of the molecule is Cc1ccc(C(=O)NCCNC(=O)CC(C)(O)C2CC2)cc1F. The summed E-state index contributed by atoms with van der Waals surface area (Å²) in [5, 5.41) is 15.4. The van der Waals surface area contributed by atoms with E-state index in [1.54, 1.807) is 26.0 Å². The first kappa shape index (κ1) is 17.4. The Labute approximate surface area is 135 Å². The van der Waals surface area contributed by atoms with Crippen molar-refractivity contribution in [1.82, 2.24) is 10.6 Å². The van der Waals surface area contributed by atoms with Crippen LogP contribution in [0.5, 0.6) is 0 Å². The third-order valence-corrected chi connectivity index (χ3v) is 4.14. The van der Waals surface area contributed by atoms with Gasteiger partial charge in [0.2, 0.25) is 5.91 Å². The summed E-state index contributed by atoms with van der Waals surface area (Å²) in [6, 6.07) is 4.29. The zero-order valence-corrected chi connectivity index (χ0v) is 13.5. The number of rotatable bonds is 7. The molecule has 1 unspecified atom stereocenters. The monoisotopic (exact) mass is 322 g/mol. The summed E-state index contributed by atoms with van der Waals surface area (Å²) in [6.45, 7) is 3.81. The predicted molar refractivity (Wildman–Crippen MR) is 84.4 cm³/mol. The van der Waals surface area contributed by atoms with E-state index in [9.17, 15) is 19.1 Å². The van der Waals surface area contributed by atoms with Gasteiger partial charge >= 0.3 is 0 Å². The molecule has 0 spiro atoms. The first-order valence-electron chi connectivity index (χ1n) is 7.83. The summed E-state index contributed by atoms with van der Waals surface area (Å²) >= 11 is 0. The zero-order chi connectivity index (χ0) is 17.0. The molecule has 1 aromatic rings. The number of benzene rings is 1. The van der Waals surface area contributed by atoms with Gasteiger partial charge in [-0.15, -0.1) is 0 Å². The summed E-state index contributed by atoms with van der Waals surface area (Å²) in [6.07, 6.45) is 1.99. The molecule has 3 N–H and O–H groups in total. The summed E-state index contributed by atoms with van der Waals surface area (Å²) < 4.78 is 13.4. The summed E-state index contributed by atoms with van der Waals surface area (Å²) in [7, 11) is 0. The van der Waals surface area contributed by atoms with Crippen LogP contribution in [0.4, 0.5) is 4.39 Å². The average Bonchev–Trinajstić information content (AvgIpc) is 3.31. The van der Waals surface area contributed by atoms with E-state index in [4.69, 9.17) is 0 Å². The van der Waals surface area contributed by atoms with E-state index in [-0.39, 0.29) is 42.8 Å². The van der Waals surface area contributed by atoms with Gasteiger partial charge in [0.05, 0.1) is 12.0 Å². The van der Waals surface area contributed by atoms with Gasteiger partial charge in [0.1, 0.15) is 5.82 Å². The smallest absolute Gasteiger partial charge is 0.251 e. The van der Waals surface area contributed by atoms with Crippen LogP contribution in [0.1, 0.15) is 42.1 Å². The number of carbonyl (C=O) groups excluding carboxylic acids is 2. The van der Waals surface area contributed by atoms with Crippen molar-refractivity contribution >= 4 is 11.8 Å². The molecular formula is C17H23FN2O3. The van der Waals surface area contributed by atoms with Gasteiger partial charge in [0, 0.05) is 18.7 Å². The molecule has 1 aliphatic rings. The quantitative estimate of drug-likeness (QED) is 0.666. The van der Waals surface area contributed by atoms with Gasteiger partial charge in [-0.3, -0.25) is 9.59 Å². The molecule has 126 valence electrons. The van der Waals surface area contributed by atoms with E-state index >= 15 is 0 Å². The van der Waals surface area contributed by atoms with E-state index in [0.717, 1.165) is 12.8 Å². The van der Waals surface area contributed by atoms with Gasteiger partial charge in [-0.2, -0.15) is 0 Å². The summed E-state index contributed by atoms with van der Waals surface area (Å²) in [5.41, 5.74) is -0.222. The minimum Gasteiger partial charge on any atom is -0.389 e. The lowest BCUT2D eigenvalue weighted by atomic mass is 9.96. The lowest BCUT2D eigenvalue weighted by Gasteiger charge is -2.22. The third-order valence-electron chi connectivity index (χ3n) is 4.14. The molecule has 6 heteroatoms. The van der Waals surface area contributed by atoms with Crippen LogP contribution in [0.15, 0.2) is 18.2 Å². The predicted octanol–water partition coefficient (Wildman–Crippen LogP) is 1.53. The molecule has 1 aromatic carbocycles. The number of nitrogens with one attached hydrogen (secondary N) is 2. The Balaban J connectivity index is 1.69. The fourth-order valence-corrected chi connectivity index (χ4v) is 2.45. The van der Waals surface area contributed by atoms with Gasteiger partial charge in [-0.25, -0.2) is 4.39 Å². The number of carbonyl (C=O) groups is 2. The van der Waals surface area contributed by atoms with Gasteiger partial charge in [0.25, 0.3) is 5.91 Å². The number of aryl methyl sites for hydroxylation is 1. The normalized spacial score (nSPS) is 16.5. The molecule has 0 heterocycles. The molecule has 0 aromatic heterocycles.